The second kappa shape index (κ2) is 8.41. The van der Waals surface area contributed by atoms with Gasteiger partial charge >= 0.3 is 0 Å². The van der Waals surface area contributed by atoms with Crippen LogP contribution >= 0.6 is 23.7 Å². The van der Waals surface area contributed by atoms with Gasteiger partial charge in [0.25, 0.3) is 0 Å². The van der Waals surface area contributed by atoms with Crippen molar-refractivity contribution in [3.8, 4) is 0 Å². The normalized spacial score (nSPS) is 11.7. The predicted octanol–water partition coefficient (Wildman–Crippen LogP) is 1.43. The SMILES string of the molecule is CCc1cnc(NC(=O)CC(CN)OC)s1.Cl. The number of carbonyl (C=O) groups excluding carboxylic acids is 1. The van der Waals surface area contributed by atoms with Gasteiger partial charge in [-0.2, -0.15) is 0 Å². The van der Waals surface area contributed by atoms with Crippen LogP contribution in [0.2, 0.25) is 0 Å². The molecule has 1 aromatic rings. The second-order valence-electron chi connectivity index (χ2n) is 3.33. The van der Waals surface area contributed by atoms with Crippen molar-refractivity contribution >= 4 is 34.8 Å². The Kier molecular flexibility index (Phi) is 8.07. The second-order valence-corrected chi connectivity index (χ2v) is 4.45. The van der Waals surface area contributed by atoms with Crippen molar-refractivity contribution in [1.29, 1.82) is 0 Å². The van der Waals surface area contributed by atoms with Gasteiger partial charge in [-0.1, -0.05) is 6.92 Å². The number of aryl methyl sites for hydroxylation is 1. The lowest BCUT2D eigenvalue weighted by Gasteiger charge is -2.11. The Morgan fingerprint density at radius 2 is 2.41 bits per heavy atom. The van der Waals surface area contributed by atoms with Crippen LogP contribution in [0.25, 0.3) is 0 Å². The first kappa shape index (κ1) is 16.3. The Balaban J connectivity index is 0.00000256. The molecule has 3 N–H and O–H groups in total. The Morgan fingerprint density at radius 3 is 2.88 bits per heavy atom. The van der Waals surface area contributed by atoms with Gasteiger partial charge in [-0.15, -0.1) is 23.7 Å². The highest BCUT2D eigenvalue weighted by Gasteiger charge is 2.12. The zero-order valence-corrected chi connectivity index (χ0v) is 11.6. The van der Waals surface area contributed by atoms with Gasteiger partial charge in [-0.05, 0) is 6.42 Å². The average molecular weight is 280 g/mol. The summed E-state index contributed by atoms with van der Waals surface area (Å²) in [4.78, 5) is 16.8. The number of nitrogens with one attached hydrogen (secondary N) is 1. The molecule has 1 aromatic heterocycles. The number of methoxy groups -OCH3 is 1. The molecule has 17 heavy (non-hydrogen) atoms. The van der Waals surface area contributed by atoms with Crippen LogP contribution in [0, 0.1) is 0 Å². The lowest BCUT2D eigenvalue weighted by Crippen LogP contribution is -2.28. The van der Waals surface area contributed by atoms with E-state index < -0.39 is 0 Å². The fourth-order valence-corrected chi connectivity index (χ4v) is 1.94. The molecular weight excluding hydrogens is 262 g/mol. The minimum Gasteiger partial charge on any atom is -0.380 e. The van der Waals surface area contributed by atoms with Gasteiger partial charge in [-0.3, -0.25) is 4.79 Å². The zero-order chi connectivity index (χ0) is 12.0. The van der Waals surface area contributed by atoms with Gasteiger partial charge < -0.3 is 15.8 Å². The Bertz CT molecular complexity index is 342. The lowest BCUT2D eigenvalue weighted by atomic mass is 10.2. The average Bonchev–Trinajstić information content (AvgIpc) is 2.73. The minimum atomic E-state index is -0.231. The third-order valence-electron chi connectivity index (χ3n) is 2.16. The fourth-order valence-electron chi connectivity index (χ4n) is 1.17. The molecule has 1 amide bonds. The summed E-state index contributed by atoms with van der Waals surface area (Å²) in [7, 11) is 1.55. The van der Waals surface area contributed by atoms with E-state index in [2.05, 4.69) is 17.2 Å². The molecule has 0 saturated carbocycles. The number of halogens is 1. The number of ether oxygens (including phenoxy) is 1. The number of hydrogen-bond acceptors (Lipinski definition) is 5. The number of anilines is 1. The van der Waals surface area contributed by atoms with Crippen LogP contribution in [-0.2, 0) is 16.0 Å². The van der Waals surface area contributed by atoms with Crippen LogP contribution in [0.15, 0.2) is 6.20 Å². The van der Waals surface area contributed by atoms with E-state index in [-0.39, 0.29) is 30.8 Å². The van der Waals surface area contributed by atoms with E-state index in [1.165, 1.54) is 11.3 Å². The predicted molar refractivity (Wildman–Crippen MR) is 71.8 cm³/mol. The number of amides is 1. The molecule has 0 fully saturated rings. The van der Waals surface area contributed by atoms with E-state index in [9.17, 15) is 4.79 Å². The van der Waals surface area contributed by atoms with Gasteiger partial charge in [-0.25, -0.2) is 4.98 Å². The fraction of sp³-hybridized carbons (Fsp3) is 0.600. The Morgan fingerprint density at radius 1 is 1.71 bits per heavy atom. The minimum absolute atomic E-state index is 0. The van der Waals surface area contributed by atoms with Crippen molar-refractivity contribution in [3.63, 3.8) is 0 Å². The highest BCUT2D eigenvalue weighted by atomic mass is 35.5. The summed E-state index contributed by atoms with van der Waals surface area (Å²) in [5.74, 6) is -0.116. The number of hydrogen-bond donors (Lipinski definition) is 2. The first-order valence-corrected chi connectivity index (χ1v) is 5.98. The van der Waals surface area contributed by atoms with Gasteiger partial charge in [0.1, 0.15) is 0 Å². The molecule has 0 radical (unpaired) electrons. The van der Waals surface area contributed by atoms with Crippen LogP contribution in [0.5, 0.6) is 0 Å². The number of thiazole rings is 1. The third-order valence-corrected chi connectivity index (χ3v) is 3.21. The molecule has 0 spiro atoms. The van der Waals surface area contributed by atoms with Crippen LogP contribution < -0.4 is 11.1 Å². The largest absolute Gasteiger partial charge is 0.380 e. The molecule has 0 aliphatic heterocycles. The number of carbonyl (C=O) groups is 1. The maximum atomic E-state index is 11.6. The van der Waals surface area contributed by atoms with Crippen LogP contribution in [0.3, 0.4) is 0 Å². The highest BCUT2D eigenvalue weighted by Crippen LogP contribution is 2.18. The van der Waals surface area contributed by atoms with E-state index in [0.717, 1.165) is 11.3 Å². The van der Waals surface area contributed by atoms with E-state index in [1.807, 2.05) is 0 Å². The molecule has 1 atom stereocenters. The molecule has 0 aliphatic rings. The molecular formula is C10H18ClN3O2S. The van der Waals surface area contributed by atoms with Gasteiger partial charge in [0, 0.05) is 24.7 Å². The molecule has 1 rings (SSSR count). The molecule has 1 unspecified atom stereocenters. The molecule has 0 saturated heterocycles. The standard InChI is InChI=1S/C10H17N3O2S.ClH/c1-3-8-6-12-10(16-8)13-9(14)4-7(5-11)15-2;/h6-7H,3-5,11H2,1-2H3,(H,12,13,14);1H. The van der Waals surface area contributed by atoms with E-state index >= 15 is 0 Å². The quantitative estimate of drug-likeness (QED) is 0.826. The summed E-state index contributed by atoms with van der Waals surface area (Å²) in [5, 5.41) is 3.36. The molecule has 0 aliphatic carbocycles. The molecule has 98 valence electrons. The summed E-state index contributed by atoms with van der Waals surface area (Å²) in [5.41, 5.74) is 5.43. The van der Waals surface area contributed by atoms with E-state index in [4.69, 9.17) is 10.5 Å². The van der Waals surface area contributed by atoms with Gasteiger partial charge in [0.2, 0.25) is 5.91 Å². The molecule has 0 bridgehead atoms. The summed E-state index contributed by atoms with van der Waals surface area (Å²) >= 11 is 1.49. The number of nitrogens with two attached hydrogens (primary N) is 1. The summed E-state index contributed by atoms with van der Waals surface area (Å²) < 4.78 is 5.03. The lowest BCUT2D eigenvalue weighted by molar-refractivity contribution is -0.118. The number of aromatic nitrogens is 1. The molecule has 7 heteroatoms. The monoisotopic (exact) mass is 279 g/mol. The van der Waals surface area contributed by atoms with Crippen molar-refractivity contribution in [1.82, 2.24) is 4.98 Å². The topological polar surface area (TPSA) is 77.2 Å². The molecule has 5 nitrogen and oxygen atoms in total. The summed E-state index contributed by atoms with van der Waals surface area (Å²) in [6.45, 7) is 2.39. The maximum absolute atomic E-state index is 11.6. The van der Waals surface area contributed by atoms with Crippen molar-refractivity contribution in [2.24, 2.45) is 5.73 Å². The van der Waals surface area contributed by atoms with Gasteiger partial charge in [0.05, 0.1) is 12.5 Å². The Labute approximate surface area is 111 Å². The van der Waals surface area contributed by atoms with E-state index in [1.54, 1.807) is 13.3 Å². The highest BCUT2D eigenvalue weighted by molar-refractivity contribution is 7.15. The van der Waals surface area contributed by atoms with Crippen molar-refractivity contribution in [2.75, 3.05) is 19.0 Å². The van der Waals surface area contributed by atoms with Crippen LogP contribution in [0.4, 0.5) is 5.13 Å². The Hall–Kier alpha value is -0.690. The van der Waals surface area contributed by atoms with E-state index in [0.29, 0.717) is 11.7 Å². The third kappa shape index (κ3) is 5.45. The van der Waals surface area contributed by atoms with Crippen LogP contribution in [0.1, 0.15) is 18.2 Å². The first-order chi connectivity index (χ1) is 7.69. The molecule has 1 heterocycles. The van der Waals surface area contributed by atoms with Crippen LogP contribution in [-0.4, -0.2) is 30.6 Å². The number of nitrogens with zero attached hydrogens (tertiary/aromatic N) is 1. The first-order valence-electron chi connectivity index (χ1n) is 5.17. The summed E-state index contributed by atoms with van der Waals surface area (Å²) in [6, 6.07) is 0. The van der Waals surface area contributed by atoms with Crippen molar-refractivity contribution < 1.29 is 9.53 Å². The molecule has 0 aromatic carbocycles. The maximum Gasteiger partial charge on any atom is 0.228 e. The van der Waals surface area contributed by atoms with Crippen molar-refractivity contribution in [3.05, 3.63) is 11.1 Å². The zero-order valence-electron chi connectivity index (χ0n) is 9.93. The summed E-state index contributed by atoms with van der Waals surface area (Å²) in [6.07, 6.45) is 2.73. The van der Waals surface area contributed by atoms with Gasteiger partial charge in [0.15, 0.2) is 5.13 Å². The smallest absolute Gasteiger partial charge is 0.228 e. The number of rotatable bonds is 6. The van der Waals surface area contributed by atoms with Crippen molar-refractivity contribution in [2.45, 2.75) is 25.9 Å².